The highest BCUT2D eigenvalue weighted by molar-refractivity contribution is 5.61. The second-order valence-electron chi connectivity index (χ2n) is 4.80. The van der Waals surface area contributed by atoms with Crippen molar-refractivity contribution in [2.75, 3.05) is 11.1 Å². The Kier molecular flexibility index (Phi) is 3.65. The van der Waals surface area contributed by atoms with Crippen molar-refractivity contribution in [3.05, 3.63) is 56.2 Å². The summed E-state index contributed by atoms with van der Waals surface area (Å²) in [7, 11) is 1.51. The highest BCUT2D eigenvalue weighted by Gasteiger charge is 2.14. The van der Waals surface area contributed by atoms with E-state index in [9.17, 15) is 9.59 Å². The molecule has 0 fully saturated rings. The summed E-state index contributed by atoms with van der Waals surface area (Å²) in [5, 5.41) is 3.08. The van der Waals surface area contributed by atoms with Gasteiger partial charge < -0.3 is 11.1 Å². The number of rotatable bonds is 3. The molecular weight excluding hydrogens is 256 g/mol. The van der Waals surface area contributed by atoms with Gasteiger partial charge in [-0.05, 0) is 25.0 Å². The van der Waals surface area contributed by atoms with E-state index in [-0.39, 0.29) is 17.5 Å². The lowest BCUT2D eigenvalue weighted by molar-refractivity contribution is 0.799. The van der Waals surface area contributed by atoms with Gasteiger partial charge in [0.05, 0.1) is 0 Å². The van der Waals surface area contributed by atoms with Crippen LogP contribution in [0.15, 0.2) is 33.9 Å². The first-order valence-corrected chi connectivity index (χ1v) is 6.32. The molecule has 0 radical (unpaired) electrons. The number of aryl methyl sites for hydroxylation is 1. The molecule has 6 heteroatoms. The molecule has 0 saturated carbocycles. The van der Waals surface area contributed by atoms with Gasteiger partial charge in [-0.2, -0.15) is 0 Å². The predicted octanol–water partition coefficient (Wildman–Crippen LogP) is 1.14. The second kappa shape index (κ2) is 5.24. The molecule has 106 valence electrons. The Labute approximate surface area is 116 Å². The first-order chi connectivity index (χ1) is 9.41. The van der Waals surface area contributed by atoms with E-state index in [1.165, 1.54) is 11.6 Å². The number of H-pyrrole nitrogens is 1. The smallest absolute Gasteiger partial charge is 0.329 e. The lowest BCUT2D eigenvalue weighted by Crippen LogP contribution is -2.33. The van der Waals surface area contributed by atoms with Crippen molar-refractivity contribution < 1.29 is 0 Å². The minimum absolute atomic E-state index is 0.0999. The maximum absolute atomic E-state index is 11.9. The summed E-state index contributed by atoms with van der Waals surface area (Å²) in [6, 6.07) is 7.78. The number of nitrogens with one attached hydrogen (secondary N) is 2. The number of nitrogens with two attached hydrogens (primary N) is 1. The summed E-state index contributed by atoms with van der Waals surface area (Å²) in [5.41, 5.74) is 7.19. The Morgan fingerprint density at radius 1 is 1.30 bits per heavy atom. The summed E-state index contributed by atoms with van der Waals surface area (Å²) in [6.45, 7) is 3.94. The van der Waals surface area contributed by atoms with Crippen LogP contribution in [-0.4, -0.2) is 9.55 Å². The molecule has 1 heterocycles. The molecule has 1 unspecified atom stereocenters. The van der Waals surface area contributed by atoms with Crippen molar-refractivity contribution >= 4 is 11.5 Å². The molecule has 1 aromatic carbocycles. The zero-order valence-electron chi connectivity index (χ0n) is 11.7. The molecule has 1 aromatic heterocycles. The summed E-state index contributed by atoms with van der Waals surface area (Å²) >= 11 is 0. The van der Waals surface area contributed by atoms with Gasteiger partial charge in [-0.1, -0.05) is 24.3 Å². The fourth-order valence-electron chi connectivity index (χ4n) is 2.14. The largest absolute Gasteiger partial charge is 0.383 e. The summed E-state index contributed by atoms with van der Waals surface area (Å²) < 4.78 is 1.20. The van der Waals surface area contributed by atoms with Gasteiger partial charge in [-0.25, -0.2) is 4.79 Å². The monoisotopic (exact) mass is 274 g/mol. The van der Waals surface area contributed by atoms with Crippen molar-refractivity contribution in [2.45, 2.75) is 19.9 Å². The third kappa shape index (κ3) is 2.45. The van der Waals surface area contributed by atoms with E-state index in [0.717, 1.165) is 11.1 Å². The van der Waals surface area contributed by atoms with Gasteiger partial charge in [0.25, 0.3) is 5.56 Å². The van der Waals surface area contributed by atoms with Gasteiger partial charge in [0.15, 0.2) is 0 Å². The van der Waals surface area contributed by atoms with Gasteiger partial charge in [0.1, 0.15) is 11.5 Å². The van der Waals surface area contributed by atoms with Crippen LogP contribution in [0.1, 0.15) is 24.1 Å². The van der Waals surface area contributed by atoms with Crippen molar-refractivity contribution in [3.8, 4) is 0 Å². The first-order valence-electron chi connectivity index (χ1n) is 6.32. The van der Waals surface area contributed by atoms with Crippen LogP contribution in [0.4, 0.5) is 11.5 Å². The molecule has 0 bridgehead atoms. The Bertz CT molecular complexity index is 746. The van der Waals surface area contributed by atoms with E-state index in [2.05, 4.69) is 10.3 Å². The van der Waals surface area contributed by atoms with E-state index in [1.807, 2.05) is 38.1 Å². The number of nitrogens with zero attached hydrogens (tertiary/aromatic N) is 1. The number of aromatic amines is 1. The Morgan fingerprint density at radius 2 is 1.95 bits per heavy atom. The highest BCUT2D eigenvalue weighted by Crippen LogP contribution is 2.22. The maximum Gasteiger partial charge on any atom is 0.329 e. The van der Waals surface area contributed by atoms with Gasteiger partial charge in [0, 0.05) is 13.1 Å². The van der Waals surface area contributed by atoms with E-state index in [4.69, 9.17) is 5.73 Å². The van der Waals surface area contributed by atoms with Crippen molar-refractivity contribution in [1.82, 2.24) is 9.55 Å². The molecule has 2 rings (SSSR count). The number of anilines is 2. The molecule has 0 amide bonds. The molecule has 0 aliphatic heterocycles. The maximum atomic E-state index is 11.9. The van der Waals surface area contributed by atoms with Crippen LogP contribution in [-0.2, 0) is 7.05 Å². The SMILES string of the molecule is Cc1ccccc1C(C)Nc1c(N)n(C)c(=O)[nH]c1=O. The Morgan fingerprint density at radius 3 is 2.60 bits per heavy atom. The molecule has 1 atom stereocenters. The van der Waals surface area contributed by atoms with Gasteiger partial charge in [-0.3, -0.25) is 14.3 Å². The van der Waals surface area contributed by atoms with Gasteiger partial charge in [0.2, 0.25) is 0 Å². The third-order valence-electron chi connectivity index (χ3n) is 3.39. The lowest BCUT2D eigenvalue weighted by Gasteiger charge is -2.19. The quantitative estimate of drug-likeness (QED) is 0.782. The third-order valence-corrected chi connectivity index (χ3v) is 3.39. The number of aromatic nitrogens is 2. The van der Waals surface area contributed by atoms with Crippen LogP contribution in [0.3, 0.4) is 0 Å². The molecule has 0 aliphatic rings. The van der Waals surface area contributed by atoms with Crippen LogP contribution in [0.25, 0.3) is 0 Å². The summed E-state index contributed by atoms with van der Waals surface area (Å²) in [4.78, 5) is 25.5. The van der Waals surface area contributed by atoms with Crippen LogP contribution in [0, 0.1) is 6.92 Å². The minimum Gasteiger partial charge on any atom is -0.383 e. The standard InChI is InChI=1S/C14H18N4O2/c1-8-6-4-5-7-10(8)9(2)16-11-12(15)18(3)14(20)17-13(11)19/h4-7,9,16H,15H2,1-3H3,(H,17,19,20). The number of benzene rings is 1. The lowest BCUT2D eigenvalue weighted by atomic mass is 10.0. The molecule has 20 heavy (non-hydrogen) atoms. The van der Waals surface area contributed by atoms with Crippen LogP contribution < -0.4 is 22.3 Å². The van der Waals surface area contributed by atoms with Crippen molar-refractivity contribution in [1.29, 1.82) is 0 Å². The molecular formula is C14H18N4O2. The molecule has 6 nitrogen and oxygen atoms in total. The van der Waals surface area contributed by atoms with Gasteiger partial charge >= 0.3 is 5.69 Å². The Balaban J connectivity index is 2.41. The fraction of sp³-hybridized carbons (Fsp3) is 0.286. The molecule has 0 saturated heterocycles. The average Bonchev–Trinajstić information content (AvgIpc) is 2.41. The van der Waals surface area contributed by atoms with Crippen LogP contribution in [0.5, 0.6) is 0 Å². The van der Waals surface area contributed by atoms with E-state index < -0.39 is 11.2 Å². The Hall–Kier alpha value is -2.50. The highest BCUT2D eigenvalue weighted by atomic mass is 16.2. The first kappa shape index (κ1) is 13.9. The summed E-state index contributed by atoms with van der Waals surface area (Å²) in [5.74, 6) is 0.124. The zero-order valence-corrected chi connectivity index (χ0v) is 11.7. The van der Waals surface area contributed by atoms with E-state index in [0.29, 0.717) is 0 Å². The van der Waals surface area contributed by atoms with Crippen LogP contribution >= 0.6 is 0 Å². The molecule has 0 spiro atoms. The number of hydrogen-bond donors (Lipinski definition) is 3. The number of hydrogen-bond acceptors (Lipinski definition) is 4. The molecule has 4 N–H and O–H groups in total. The van der Waals surface area contributed by atoms with Crippen molar-refractivity contribution in [3.63, 3.8) is 0 Å². The van der Waals surface area contributed by atoms with E-state index in [1.54, 1.807) is 0 Å². The minimum atomic E-state index is -0.526. The topological polar surface area (TPSA) is 92.9 Å². The van der Waals surface area contributed by atoms with Crippen molar-refractivity contribution in [2.24, 2.45) is 7.05 Å². The zero-order chi connectivity index (χ0) is 14.9. The average molecular weight is 274 g/mol. The predicted molar refractivity (Wildman–Crippen MR) is 79.9 cm³/mol. The van der Waals surface area contributed by atoms with E-state index >= 15 is 0 Å². The normalized spacial score (nSPS) is 12.2. The van der Waals surface area contributed by atoms with Gasteiger partial charge in [-0.15, -0.1) is 0 Å². The summed E-state index contributed by atoms with van der Waals surface area (Å²) in [6.07, 6.45) is 0. The molecule has 0 aliphatic carbocycles. The number of nitrogen functional groups attached to an aromatic ring is 1. The second-order valence-corrected chi connectivity index (χ2v) is 4.80. The molecule has 2 aromatic rings. The van der Waals surface area contributed by atoms with Crippen LogP contribution in [0.2, 0.25) is 0 Å². The fourth-order valence-corrected chi connectivity index (χ4v) is 2.14.